The summed E-state index contributed by atoms with van der Waals surface area (Å²) in [5, 5.41) is 5.69. The summed E-state index contributed by atoms with van der Waals surface area (Å²) in [4.78, 5) is 23.6. The van der Waals surface area contributed by atoms with Crippen LogP contribution < -0.4 is 0 Å². The number of rotatable bonds is 7. The number of ketones is 1. The van der Waals surface area contributed by atoms with Crippen molar-refractivity contribution in [3.05, 3.63) is 35.9 Å². The summed E-state index contributed by atoms with van der Waals surface area (Å²) in [6, 6.07) is 9.04. The average molecular weight is 326 g/mol. The molecule has 0 N–H and O–H groups in total. The Morgan fingerprint density at radius 2 is 2.04 bits per heavy atom. The Balaban J connectivity index is 1.63. The van der Waals surface area contributed by atoms with Gasteiger partial charge in [-0.1, -0.05) is 43.7 Å². The van der Waals surface area contributed by atoms with E-state index in [1.807, 2.05) is 25.1 Å². The molecule has 1 unspecified atom stereocenters. The van der Waals surface area contributed by atoms with Crippen molar-refractivity contribution in [3.63, 3.8) is 0 Å². The molecular weight excluding hydrogens is 300 g/mol. The van der Waals surface area contributed by atoms with E-state index < -0.39 is 0 Å². The molecule has 128 valence electrons. The molecule has 4 atom stereocenters. The normalized spacial score (nSPS) is 27.1. The van der Waals surface area contributed by atoms with Gasteiger partial charge in [-0.25, -0.2) is 5.01 Å². The molecule has 4 heteroatoms. The lowest BCUT2D eigenvalue weighted by Crippen LogP contribution is -2.29. The topological polar surface area (TPSA) is 49.7 Å². The van der Waals surface area contributed by atoms with Gasteiger partial charge >= 0.3 is 0 Å². The fourth-order valence-corrected chi connectivity index (χ4v) is 4.47. The molecule has 2 saturated carbocycles. The van der Waals surface area contributed by atoms with E-state index in [2.05, 4.69) is 12.0 Å². The van der Waals surface area contributed by atoms with Crippen LogP contribution in [0, 0.1) is 23.7 Å². The number of hydrogen-bond acceptors (Lipinski definition) is 3. The van der Waals surface area contributed by atoms with Crippen molar-refractivity contribution in [3.8, 4) is 0 Å². The summed E-state index contributed by atoms with van der Waals surface area (Å²) in [6.07, 6.45) is 6.04. The average Bonchev–Trinajstić information content (AvgIpc) is 3.24. The third-order valence-electron chi connectivity index (χ3n) is 5.90. The van der Waals surface area contributed by atoms with E-state index in [1.54, 1.807) is 12.1 Å². The highest BCUT2D eigenvalue weighted by Crippen LogP contribution is 2.51. The number of hydrogen-bond donors (Lipinski definition) is 0. The van der Waals surface area contributed by atoms with Gasteiger partial charge in [-0.15, -0.1) is 0 Å². The van der Waals surface area contributed by atoms with Crippen LogP contribution in [0.15, 0.2) is 35.4 Å². The Bertz CT molecular complexity index is 626. The highest BCUT2D eigenvalue weighted by Gasteiger charge is 2.42. The maximum atomic E-state index is 12.3. The molecule has 2 aliphatic carbocycles. The monoisotopic (exact) mass is 326 g/mol. The summed E-state index contributed by atoms with van der Waals surface area (Å²) in [5.41, 5.74) is 1.57. The lowest BCUT2D eigenvalue weighted by atomic mass is 9.78. The van der Waals surface area contributed by atoms with Crippen molar-refractivity contribution < 1.29 is 9.59 Å². The van der Waals surface area contributed by atoms with Crippen LogP contribution in [0.25, 0.3) is 0 Å². The fourth-order valence-electron chi connectivity index (χ4n) is 4.47. The second kappa shape index (κ2) is 7.29. The van der Waals surface area contributed by atoms with Crippen LogP contribution in [0.4, 0.5) is 0 Å². The zero-order valence-corrected chi connectivity index (χ0v) is 14.5. The third-order valence-corrected chi connectivity index (χ3v) is 5.90. The van der Waals surface area contributed by atoms with Gasteiger partial charge in [-0.05, 0) is 49.9 Å². The van der Waals surface area contributed by atoms with Gasteiger partial charge in [-0.2, -0.15) is 5.10 Å². The van der Waals surface area contributed by atoms with Crippen molar-refractivity contribution in [2.75, 3.05) is 6.54 Å². The van der Waals surface area contributed by atoms with E-state index in [-0.39, 0.29) is 12.3 Å². The Morgan fingerprint density at radius 3 is 2.62 bits per heavy atom. The van der Waals surface area contributed by atoms with E-state index in [4.69, 9.17) is 0 Å². The number of carbonyl (C=O) groups excluding carboxylic acids is 2. The Hall–Kier alpha value is -1.97. The van der Waals surface area contributed by atoms with E-state index in [1.165, 1.54) is 30.7 Å². The first-order valence-corrected chi connectivity index (χ1v) is 8.93. The van der Waals surface area contributed by atoms with Gasteiger partial charge < -0.3 is 0 Å². The van der Waals surface area contributed by atoms with Crippen LogP contribution in [-0.4, -0.2) is 29.5 Å². The lowest BCUT2D eigenvalue weighted by Gasteiger charge is -2.28. The van der Waals surface area contributed by atoms with Gasteiger partial charge in [0.1, 0.15) is 6.54 Å². The molecule has 1 amide bonds. The smallest absolute Gasteiger partial charge is 0.230 e. The largest absolute Gasteiger partial charge is 0.292 e. The summed E-state index contributed by atoms with van der Waals surface area (Å²) >= 11 is 0. The van der Waals surface area contributed by atoms with E-state index in [0.717, 1.165) is 17.5 Å². The summed E-state index contributed by atoms with van der Waals surface area (Å²) < 4.78 is 0. The molecule has 4 nitrogen and oxygen atoms in total. The number of benzene rings is 1. The van der Waals surface area contributed by atoms with Gasteiger partial charge in [0, 0.05) is 11.3 Å². The number of hydrazone groups is 1. The van der Waals surface area contributed by atoms with Crippen molar-refractivity contribution in [1.29, 1.82) is 0 Å². The molecular formula is C20H26N2O2. The van der Waals surface area contributed by atoms with Crippen molar-refractivity contribution in [2.45, 2.75) is 39.5 Å². The first-order chi connectivity index (χ1) is 11.6. The minimum absolute atomic E-state index is 0.00566. The number of Topliss-reactive ketones (excluding diaryl/α,β-unsaturated/α-hetero) is 1. The molecule has 24 heavy (non-hydrogen) atoms. The van der Waals surface area contributed by atoms with Crippen LogP contribution in [0.5, 0.6) is 0 Å². The molecule has 3 rings (SSSR count). The molecule has 0 radical (unpaired) electrons. The molecule has 0 heterocycles. The first-order valence-electron chi connectivity index (χ1n) is 8.93. The highest BCUT2D eigenvalue weighted by atomic mass is 16.2. The summed E-state index contributed by atoms with van der Waals surface area (Å²) in [6.45, 7) is 4.20. The lowest BCUT2D eigenvalue weighted by molar-refractivity contribution is -0.117. The molecule has 1 aromatic carbocycles. The van der Waals surface area contributed by atoms with Gasteiger partial charge in [0.2, 0.25) is 6.41 Å². The van der Waals surface area contributed by atoms with Gasteiger partial charge in [0.05, 0.1) is 0 Å². The SMILES string of the molecule is C/C(=N/N(C=O)CC(=O)c1ccccc1)C(C)[C@@H]1C[C@H]2CC[C@@H]1C2. The molecule has 2 bridgehead atoms. The Morgan fingerprint density at radius 1 is 1.29 bits per heavy atom. The zero-order valence-electron chi connectivity index (χ0n) is 14.5. The maximum Gasteiger partial charge on any atom is 0.230 e. The molecule has 2 fully saturated rings. The zero-order chi connectivity index (χ0) is 17.1. The van der Waals surface area contributed by atoms with E-state index in [9.17, 15) is 9.59 Å². The molecule has 0 aromatic heterocycles. The molecule has 0 spiro atoms. The Kier molecular flexibility index (Phi) is 5.12. The number of fused-ring (bicyclic) bond motifs is 2. The van der Waals surface area contributed by atoms with Crippen LogP contribution in [0.2, 0.25) is 0 Å². The van der Waals surface area contributed by atoms with Crippen LogP contribution in [0.1, 0.15) is 49.9 Å². The standard InChI is InChI=1S/C20H26N2O2/c1-14(19-11-16-8-9-18(19)10-16)15(2)21-22(13-23)12-20(24)17-6-4-3-5-7-17/h3-7,13-14,16,18-19H,8-12H2,1-2H3/b21-15-/t14?,16-,18+,19-/m0/s1. The molecule has 0 aliphatic heterocycles. The summed E-state index contributed by atoms with van der Waals surface area (Å²) in [7, 11) is 0. The van der Waals surface area contributed by atoms with Crippen LogP contribution >= 0.6 is 0 Å². The third kappa shape index (κ3) is 3.58. The summed E-state index contributed by atoms with van der Waals surface area (Å²) in [5.74, 6) is 2.69. The quantitative estimate of drug-likeness (QED) is 0.331. The van der Waals surface area contributed by atoms with Crippen LogP contribution in [-0.2, 0) is 4.79 Å². The number of amides is 1. The Labute approximate surface area is 143 Å². The van der Waals surface area contributed by atoms with E-state index >= 15 is 0 Å². The van der Waals surface area contributed by atoms with Crippen molar-refractivity contribution in [1.82, 2.24) is 5.01 Å². The van der Waals surface area contributed by atoms with Gasteiger partial charge in [0.15, 0.2) is 5.78 Å². The van der Waals surface area contributed by atoms with Gasteiger partial charge in [-0.3, -0.25) is 9.59 Å². The number of carbonyl (C=O) groups is 2. The maximum absolute atomic E-state index is 12.3. The molecule has 2 aliphatic rings. The van der Waals surface area contributed by atoms with Crippen molar-refractivity contribution in [2.24, 2.45) is 28.8 Å². The molecule has 0 saturated heterocycles. The van der Waals surface area contributed by atoms with Crippen LogP contribution in [0.3, 0.4) is 0 Å². The molecule has 1 aromatic rings. The second-order valence-corrected chi connectivity index (χ2v) is 7.36. The first kappa shape index (κ1) is 16.9. The predicted molar refractivity (Wildman–Crippen MR) is 94.8 cm³/mol. The predicted octanol–water partition coefficient (Wildman–Crippen LogP) is 3.78. The number of nitrogens with zero attached hydrogens (tertiary/aromatic N) is 2. The fraction of sp³-hybridized carbons (Fsp3) is 0.550. The van der Waals surface area contributed by atoms with Gasteiger partial charge in [0.25, 0.3) is 0 Å². The van der Waals surface area contributed by atoms with Crippen molar-refractivity contribution >= 4 is 17.9 Å². The highest BCUT2D eigenvalue weighted by molar-refractivity contribution is 5.98. The minimum atomic E-state index is -0.0909. The van der Waals surface area contributed by atoms with E-state index in [0.29, 0.717) is 23.8 Å². The minimum Gasteiger partial charge on any atom is -0.292 e. The second-order valence-electron chi connectivity index (χ2n) is 7.36.